The van der Waals surface area contributed by atoms with Gasteiger partial charge in [0.15, 0.2) is 11.5 Å². The quantitative estimate of drug-likeness (QED) is 0.298. The van der Waals surface area contributed by atoms with Crippen molar-refractivity contribution < 1.29 is 32.2 Å². The number of carbonyl (C=O) groups is 2. The van der Waals surface area contributed by atoms with Gasteiger partial charge >= 0.3 is 0 Å². The number of methoxy groups -OCH3 is 1. The first-order valence-electron chi connectivity index (χ1n) is 14.5. The van der Waals surface area contributed by atoms with Crippen LogP contribution in [0.2, 0.25) is 0 Å². The summed E-state index contributed by atoms with van der Waals surface area (Å²) in [5.74, 6) is 1.11. The predicted molar refractivity (Wildman–Crippen MR) is 169 cm³/mol. The Balaban J connectivity index is 1.60. The zero-order valence-corrected chi connectivity index (χ0v) is 26.7. The molecule has 4 rings (SSSR count). The minimum absolute atomic E-state index is 0.0224. The Morgan fingerprint density at radius 1 is 0.955 bits per heavy atom. The molecule has 44 heavy (non-hydrogen) atoms. The van der Waals surface area contributed by atoms with E-state index in [4.69, 9.17) is 14.2 Å². The van der Waals surface area contributed by atoms with Crippen LogP contribution in [0.1, 0.15) is 44.7 Å². The molecule has 10 nitrogen and oxygen atoms in total. The minimum Gasteiger partial charge on any atom is -0.497 e. The van der Waals surface area contributed by atoms with Gasteiger partial charge in [-0.15, -0.1) is 0 Å². The number of hydrogen-bond donors (Lipinski definition) is 1. The van der Waals surface area contributed by atoms with Gasteiger partial charge in [-0.3, -0.25) is 13.9 Å². The summed E-state index contributed by atoms with van der Waals surface area (Å²) in [4.78, 5) is 29.4. The van der Waals surface area contributed by atoms with Crippen LogP contribution in [0.4, 0.5) is 5.69 Å². The highest BCUT2D eigenvalue weighted by molar-refractivity contribution is 7.92. The van der Waals surface area contributed by atoms with E-state index in [9.17, 15) is 18.0 Å². The molecular weight excluding hydrogens is 582 g/mol. The summed E-state index contributed by atoms with van der Waals surface area (Å²) in [5.41, 5.74) is 1.62. The van der Waals surface area contributed by atoms with Gasteiger partial charge in [-0.25, -0.2) is 8.42 Å². The van der Waals surface area contributed by atoms with Crippen molar-refractivity contribution in [2.24, 2.45) is 0 Å². The van der Waals surface area contributed by atoms with Crippen LogP contribution in [0.5, 0.6) is 17.2 Å². The maximum absolute atomic E-state index is 14.0. The largest absolute Gasteiger partial charge is 0.497 e. The van der Waals surface area contributed by atoms with Gasteiger partial charge in [0.25, 0.3) is 0 Å². The second-order valence-corrected chi connectivity index (χ2v) is 13.7. The van der Waals surface area contributed by atoms with Crippen molar-refractivity contribution >= 4 is 27.5 Å². The standard InChI is InChI=1S/C33H41N3O7S/c1-33(2,3)34-32(38)28(20-24-11-7-6-8-12-24)35(22-25-13-9-14-27(19-25)41-4)31(37)15-10-18-36(44(5,39)40)26-16-17-29-30(21-26)43-23-42-29/h6-9,11-14,16-17,19,21,28H,10,15,18,20,22-23H2,1-5H3,(H,34,38)/t28-/m0/s1. The second kappa shape index (κ2) is 14.0. The number of rotatable bonds is 13. The van der Waals surface area contributed by atoms with Gasteiger partial charge < -0.3 is 24.4 Å². The lowest BCUT2D eigenvalue weighted by Gasteiger charge is -2.34. The van der Waals surface area contributed by atoms with E-state index in [1.807, 2.05) is 75.4 Å². The van der Waals surface area contributed by atoms with Crippen LogP contribution >= 0.6 is 0 Å². The normalized spacial score (nSPS) is 13.2. The molecule has 1 N–H and O–H groups in total. The maximum Gasteiger partial charge on any atom is 0.243 e. The average molecular weight is 624 g/mol. The molecule has 0 aromatic heterocycles. The number of amides is 2. The predicted octanol–water partition coefficient (Wildman–Crippen LogP) is 4.52. The number of anilines is 1. The third kappa shape index (κ3) is 8.89. The number of carbonyl (C=O) groups excluding carboxylic acids is 2. The first-order chi connectivity index (χ1) is 20.8. The molecule has 0 spiro atoms. The molecule has 0 radical (unpaired) electrons. The van der Waals surface area contributed by atoms with Gasteiger partial charge in [0.05, 0.1) is 19.1 Å². The Morgan fingerprint density at radius 3 is 2.34 bits per heavy atom. The number of nitrogens with zero attached hydrogens (tertiary/aromatic N) is 2. The van der Waals surface area contributed by atoms with Crippen molar-refractivity contribution in [1.29, 1.82) is 0 Å². The van der Waals surface area contributed by atoms with Crippen LogP contribution in [-0.4, -0.2) is 63.4 Å². The van der Waals surface area contributed by atoms with Crippen LogP contribution in [0.3, 0.4) is 0 Å². The van der Waals surface area contributed by atoms with Crippen LogP contribution in [0.15, 0.2) is 72.8 Å². The summed E-state index contributed by atoms with van der Waals surface area (Å²) in [6.45, 7) is 6.00. The van der Waals surface area contributed by atoms with Gasteiger partial charge in [0.1, 0.15) is 11.8 Å². The Hall–Kier alpha value is -4.25. The van der Waals surface area contributed by atoms with Crippen molar-refractivity contribution in [2.75, 3.05) is 31.0 Å². The van der Waals surface area contributed by atoms with E-state index in [1.54, 1.807) is 30.2 Å². The van der Waals surface area contributed by atoms with Crippen LogP contribution in [0.25, 0.3) is 0 Å². The van der Waals surface area contributed by atoms with Crippen molar-refractivity contribution in [3.8, 4) is 17.2 Å². The molecule has 11 heteroatoms. The van der Waals surface area contributed by atoms with Gasteiger partial charge in [0, 0.05) is 37.5 Å². The lowest BCUT2D eigenvalue weighted by Crippen LogP contribution is -2.54. The SMILES string of the molecule is COc1cccc(CN(C(=O)CCCN(c2ccc3c(c2)OCO3)S(C)(=O)=O)[C@@H](Cc2ccccc2)C(=O)NC(C)(C)C)c1. The summed E-state index contributed by atoms with van der Waals surface area (Å²) in [6.07, 6.45) is 1.69. The van der Waals surface area contributed by atoms with Crippen LogP contribution in [-0.2, 0) is 32.6 Å². The van der Waals surface area contributed by atoms with E-state index in [0.717, 1.165) is 17.4 Å². The number of fused-ring (bicyclic) bond motifs is 1. The first-order valence-corrected chi connectivity index (χ1v) is 16.3. The summed E-state index contributed by atoms with van der Waals surface area (Å²) < 4.78 is 43.0. The Morgan fingerprint density at radius 2 is 1.66 bits per heavy atom. The second-order valence-electron chi connectivity index (χ2n) is 11.8. The summed E-state index contributed by atoms with van der Waals surface area (Å²) in [6, 6.07) is 21.1. The molecule has 1 aliphatic rings. The number of nitrogens with one attached hydrogen (secondary N) is 1. The molecule has 3 aromatic rings. The molecule has 1 aliphatic heterocycles. The highest BCUT2D eigenvalue weighted by Gasteiger charge is 2.32. The van der Waals surface area contributed by atoms with Crippen molar-refractivity contribution in [3.05, 3.63) is 83.9 Å². The maximum atomic E-state index is 14.0. The molecule has 0 saturated carbocycles. The van der Waals surface area contributed by atoms with E-state index in [1.165, 1.54) is 4.31 Å². The average Bonchev–Trinajstić information content (AvgIpc) is 3.44. The smallest absolute Gasteiger partial charge is 0.243 e. The minimum atomic E-state index is -3.67. The number of sulfonamides is 1. The number of hydrogen-bond acceptors (Lipinski definition) is 7. The number of ether oxygens (including phenoxy) is 3. The summed E-state index contributed by atoms with van der Waals surface area (Å²) in [7, 11) is -2.09. The fourth-order valence-corrected chi connectivity index (χ4v) is 5.98. The van der Waals surface area contributed by atoms with E-state index >= 15 is 0 Å². The van der Waals surface area contributed by atoms with Crippen molar-refractivity contribution in [3.63, 3.8) is 0 Å². The Bertz CT molecular complexity index is 1560. The summed E-state index contributed by atoms with van der Waals surface area (Å²) in [5, 5.41) is 3.05. The molecule has 0 bridgehead atoms. The molecule has 0 unspecified atom stereocenters. The third-order valence-corrected chi connectivity index (χ3v) is 8.25. The van der Waals surface area contributed by atoms with Crippen molar-refractivity contribution in [2.45, 2.75) is 58.2 Å². The zero-order chi connectivity index (χ0) is 31.9. The lowest BCUT2D eigenvalue weighted by atomic mass is 10.00. The van der Waals surface area contributed by atoms with Gasteiger partial charge in [-0.1, -0.05) is 42.5 Å². The van der Waals surface area contributed by atoms with E-state index < -0.39 is 21.6 Å². The fourth-order valence-electron chi connectivity index (χ4n) is 5.02. The number of benzene rings is 3. The molecule has 1 heterocycles. The van der Waals surface area contributed by atoms with Crippen LogP contribution < -0.4 is 23.8 Å². The molecular formula is C33H41N3O7S. The zero-order valence-electron chi connectivity index (χ0n) is 25.9. The Labute approximate surface area is 260 Å². The molecule has 2 amide bonds. The highest BCUT2D eigenvalue weighted by Crippen LogP contribution is 2.36. The van der Waals surface area contributed by atoms with Gasteiger partial charge in [-0.05, 0) is 62.6 Å². The third-order valence-electron chi connectivity index (χ3n) is 7.05. The Kier molecular flexibility index (Phi) is 10.4. The van der Waals surface area contributed by atoms with E-state index in [0.29, 0.717) is 29.4 Å². The van der Waals surface area contributed by atoms with E-state index in [-0.39, 0.29) is 44.5 Å². The molecule has 0 saturated heterocycles. The van der Waals surface area contributed by atoms with Gasteiger partial charge in [0.2, 0.25) is 28.6 Å². The first kappa shape index (κ1) is 32.7. The molecule has 1 atom stereocenters. The topological polar surface area (TPSA) is 114 Å². The summed E-state index contributed by atoms with van der Waals surface area (Å²) >= 11 is 0. The highest BCUT2D eigenvalue weighted by atomic mass is 32.2. The van der Waals surface area contributed by atoms with E-state index in [2.05, 4.69) is 5.32 Å². The lowest BCUT2D eigenvalue weighted by molar-refractivity contribution is -0.142. The molecule has 3 aromatic carbocycles. The fraction of sp³-hybridized carbons (Fsp3) is 0.394. The molecule has 236 valence electrons. The molecule has 0 fully saturated rings. The van der Waals surface area contributed by atoms with Gasteiger partial charge in [-0.2, -0.15) is 0 Å². The molecule has 0 aliphatic carbocycles. The van der Waals surface area contributed by atoms with Crippen molar-refractivity contribution in [1.82, 2.24) is 10.2 Å². The van der Waals surface area contributed by atoms with Crippen LogP contribution in [0, 0.1) is 0 Å². The monoisotopic (exact) mass is 623 g/mol.